The molecule has 0 N–H and O–H groups in total. The fourth-order valence-corrected chi connectivity index (χ4v) is 21.8. The van der Waals surface area contributed by atoms with E-state index in [2.05, 4.69) is 41.5 Å². The second kappa shape index (κ2) is 32.7. The summed E-state index contributed by atoms with van der Waals surface area (Å²) in [6.45, 7) is 19.8. The van der Waals surface area contributed by atoms with Gasteiger partial charge in [0.25, 0.3) is 0 Å². The average molecular weight is 1480 g/mol. The van der Waals surface area contributed by atoms with Crippen LogP contribution in [0.25, 0.3) is 6.08 Å². The van der Waals surface area contributed by atoms with Crippen molar-refractivity contribution >= 4 is 76.5 Å². The zero-order valence-corrected chi connectivity index (χ0v) is 65.4. The normalized spacial score (nSPS) is 30.3. The molecule has 0 radical (unpaired) electrons. The van der Waals surface area contributed by atoms with Gasteiger partial charge in [0.05, 0.1) is 84.1 Å². The standard InChI is InChI=1S/C46H54N2O8.C44H60N2O6/c1-4-5-6-7-8-9-10-11-12-13-25-54-36-22-18-33(19-23-36)38(49)24-17-32-15-20-35(21-16-32)55-26-14-27-56-37-29-31(2)28-34(30-37)48-45(52)41-39-40(42(41)46(48)53)44(51)47(3)43(39)50;1-23(2)9-8-10-25(4)31-13-14-32-30-12-11-27-22-29(15-17-43(27,5)33(30)16-18-44(31,32)6)52-42(51)26-19-24(3)20-28(21-26)46-40(49)36-34-35(37(36)41(46)50)39(48)45(7)38(34)47/h15-24,28-30,39-42H,4-14,25-27H2,1-3H3;19-21,23,25,27,29-37H,8-18,22H2,1-7H3/b24-17+;. The Labute approximate surface area is 638 Å². The van der Waals surface area contributed by atoms with E-state index in [0.29, 0.717) is 71.6 Å². The third-order valence-electron chi connectivity index (χ3n) is 27.6. The number of amides is 8. The van der Waals surface area contributed by atoms with Crippen molar-refractivity contribution in [3.8, 4) is 17.2 Å². The van der Waals surface area contributed by atoms with Crippen molar-refractivity contribution < 1.29 is 66.9 Å². The minimum absolute atomic E-state index is 0.0821. The zero-order chi connectivity index (χ0) is 76.6. The molecule has 4 aliphatic heterocycles. The van der Waals surface area contributed by atoms with Gasteiger partial charge in [0, 0.05) is 32.1 Å². The third-order valence-corrected chi connectivity index (χ3v) is 27.6. The van der Waals surface area contributed by atoms with Gasteiger partial charge in [-0.25, -0.2) is 14.6 Å². The fraction of sp³-hybridized carbons (Fsp3) is 0.600. The lowest BCUT2D eigenvalue weighted by Gasteiger charge is -2.61. The van der Waals surface area contributed by atoms with Gasteiger partial charge in [0.1, 0.15) is 23.4 Å². The molecule has 0 bridgehead atoms. The summed E-state index contributed by atoms with van der Waals surface area (Å²) in [5, 5.41) is 0. The van der Waals surface area contributed by atoms with Gasteiger partial charge in [0.15, 0.2) is 5.78 Å². The molecule has 0 spiro atoms. The number of esters is 1. The number of hydrogen-bond acceptors (Lipinski definition) is 14. The topological polar surface area (TPSA) is 221 Å². The smallest absolute Gasteiger partial charge is 0.338 e. The Kier molecular flexibility index (Phi) is 23.6. The van der Waals surface area contributed by atoms with Crippen molar-refractivity contribution in [3.63, 3.8) is 0 Å². The molecule has 17 unspecified atom stereocenters. The molecule has 18 heteroatoms. The molecular weight excluding hydrogens is 1360 g/mol. The average Bonchev–Trinajstić information content (AvgIpc) is 1.52. The van der Waals surface area contributed by atoms with Gasteiger partial charge < -0.3 is 18.9 Å². The van der Waals surface area contributed by atoms with Crippen LogP contribution in [0.3, 0.4) is 0 Å². The van der Waals surface area contributed by atoms with E-state index < -0.39 is 101 Å². The van der Waals surface area contributed by atoms with Crippen LogP contribution in [0.4, 0.5) is 11.4 Å². The number of hydrogen-bond donors (Lipinski definition) is 0. The first kappa shape index (κ1) is 77.9. The molecular formula is C90H114N4O14. The number of benzene rings is 4. The molecule has 4 aromatic carbocycles. The molecule has 6 saturated carbocycles. The van der Waals surface area contributed by atoms with Crippen LogP contribution >= 0.6 is 0 Å². The van der Waals surface area contributed by atoms with Crippen LogP contribution in [0, 0.1) is 113 Å². The van der Waals surface area contributed by atoms with Crippen LogP contribution < -0.4 is 24.0 Å². The van der Waals surface area contributed by atoms with Gasteiger partial charge in [-0.05, 0) is 220 Å². The summed E-state index contributed by atoms with van der Waals surface area (Å²) in [4.78, 5) is 135. The van der Waals surface area contributed by atoms with Crippen molar-refractivity contribution in [2.75, 3.05) is 43.7 Å². The summed E-state index contributed by atoms with van der Waals surface area (Å²) in [5.41, 5.74) is 4.78. The van der Waals surface area contributed by atoms with Crippen LogP contribution in [0.15, 0.2) is 91.0 Å². The lowest BCUT2D eigenvalue weighted by atomic mass is 9.44. The van der Waals surface area contributed by atoms with Crippen molar-refractivity contribution in [1.29, 1.82) is 0 Å². The first-order valence-corrected chi connectivity index (χ1v) is 41.0. The molecule has 8 amide bonds. The number of likely N-dealkylation sites (tertiary alicyclic amines) is 2. The van der Waals surface area contributed by atoms with Crippen molar-refractivity contribution in [2.24, 2.45) is 99.6 Å². The highest BCUT2D eigenvalue weighted by atomic mass is 16.5. The number of carbonyl (C=O) groups excluding carboxylic acids is 10. The van der Waals surface area contributed by atoms with Crippen molar-refractivity contribution in [2.45, 2.75) is 209 Å². The number of unbranched alkanes of at least 4 members (excludes halogenated alkanes) is 9. The Morgan fingerprint density at radius 3 is 1.52 bits per heavy atom. The number of carbonyl (C=O) groups is 10. The van der Waals surface area contributed by atoms with Gasteiger partial charge in [-0.2, -0.15) is 0 Å². The van der Waals surface area contributed by atoms with Gasteiger partial charge in [-0.1, -0.05) is 137 Å². The van der Waals surface area contributed by atoms with Gasteiger partial charge in [-0.3, -0.25) is 53.0 Å². The van der Waals surface area contributed by atoms with Gasteiger partial charge in [-0.15, -0.1) is 0 Å². The predicted octanol–water partition coefficient (Wildman–Crippen LogP) is 16.4. The zero-order valence-electron chi connectivity index (χ0n) is 65.4. The van der Waals surface area contributed by atoms with E-state index in [4.69, 9.17) is 18.9 Å². The molecule has 10 fully saturated rings. The molecule has 4 heterocycles. The summed E-state index contributed by atoms with van der Waals surface area (Å²) in [5.74, 6) is -2.77. The Morgan fingerprint density at radius 2 is 0.963 bits per heavy atom. The van der Waals surface area contributed by atoms with E-state index in [0.717, 1.165) is 103 Å². The van der Waals surface area contributed by atoms with Gasteiger partial charge in [0.2, 0.25) is 47.3 Å². The second-order valence-corrected chi connectivity index (χ2v) is 34.6. The molecule has 578 valence electrons. The summed E-state index contributed by atoms with van der Waals surface area (Å²) in [6.07, 6.45) is 31.6. The fourth-order valence-electron chi connectivity index (χ4n) is 21.8. The Bertz CT molecular complexity index is 4030. The summed E-state index contributed by atoms with van der Waals surface area (Å²) < 4.78 is 24.0. The summed E-state index contributed by atoms with van der Waals surface area (Å²) >= 11 is 0. The number of aryl methyl sites for hydroxylation is 2. The summed E-state index contributed by atoms with van der Waals surface area (Å²) in [6, 6.07) is 25.0. The quantitative estimate of drug-likeness (QED) is 0.0156. The number of rotatable bonds is 30. The van der Waals surface area contributed by atoms with E-state index in [1.165, 1.54) is 130 Å². The van der Waals surface area contributed by atoms with Gasteiger partial charge >= 0.3 is 5.97 Å². The number of imide groups is 4. The van der Waals surface area contributed by atoms with Crippen LogP contribution in [0.5, 0.6) is 17.2 Å². The lowest BCUT2D eigenvalue weighted by Crippen LogP contribution is -2.54. The summed E-state index contributed by atoms with van der Waals surface area (Å²) in [7, 11) is 2.81. The molecule has 14 rings (SSSR count). The van der Waals surface area contributed by atoms with Crippen molar-refractivity contribution in [3.05, 3.63) is 119 Å². The Hall–Kier alpha value is -8.28. The van der Waals surface area contributed by atoms with Crippen LogP contribution in [-0.4, -0.2) is 109 Å². The Morgan fingerprint density at radius 1 is 0.481 bits per heavy atom. The Balaban J connectivity index is 0.000000191. The van der Waals surface area contributed by atoms with Crippen LogP contribution in [0.1, 0.15) is 227 Å². The molecule has 4 saturated heterocycles. The van der Waals surface area contributed by atoms with E-state index >= 15 is 0 Å². The number of anilines is 2. The van der Waals surface area contributed by atoms with Crippen molar-refractivity contribution in [1.82, 2.24) is 9.80 Å². The largest absolute Gasteiger partial charge is 0.494 e. The van der Waals surface area contributed by atoms with E-state index in [1.807, 2.05) is 56.3 Å². The first-order valence-electron chi connectivity index (χ1n) is 41.0. The molecule has 4 aromatic rings. The van der Waals surface area contributed by atoms with E-state index in [-0.39, 0.29) is 17.3 Å². The monoisotopic (exact) mass is 1470 g/mol. The number of allylic oxidation sites excluding steroid dienone is 1. The SMILES string of the molecule is CCCCCCCCCCCCOc1ccc(C(=O)/C=C/c2ccc(OCCCOc3cc(C)cc(N4C(=O)C5C6C(=O)N(C)C(=O)C6C5C4=O)c3)cc2)cc1.Cc1cc(C(=O)OC2CCC3(C)C(CCC4C3CCC3(C)C(C(C)CCCC(C)C)CCC43)C2)cc(N2C(=O)C3C4C(=O)N(C)C(=O)C4C3C2=O)c1. The second-order valence-electron chi connectivity index (χ2n) is 34.6. The number of nitrogens with zero attached hydrogens (tertiary/aromatic N) is 4. The van der Waals surface area contributed by atoms with Crippen LogP contribution in [-0.2, 0) is 43.1 Å². The maximum atomic E-state index is 13.7. The molecule has 10 aliphatic rings. The van der Waals surface area contributed by atoms with E-state index in [1.54, 1.807) is 54.6 Å². The number of fused-ring (bicyclic) bond motifs is 13. The maximum Gasteiger partial charge on any atom is 0.338 e. The first-order chi connectivity index (χ1) is 51.8. The minimum atomic E-state index is -0.822. The predicted molar refractivity (Wildman–Crippen MR) is 412 cm³/mol. The highest BCUT2D eigenvalue weighted by Gasteiger charge is 2.74. The highest BCUT2D eigenvalue weighted by Crippen LogP contribution is 2.69. The number of ether oxygens (including phenoxy) is 4. The minimum Gasteiger partial charge on any atom is -0.494 e. The third kappa shape index (κ3) is 15.1. The molecule has 17 atom stereocenters. The molecule has 108 heavy (non-hydrogen) atoms. The molecule has 18 nitrogen and oxygen atoms in total. The maximum absolute atomic E-state index is 13.7. The highest BCUT2D eigenvalue weighted by molar-refractivity contribution is 6.29. The lowest BCUT2D eigenvalue weighted by molar-refractivity contribution is -0.146. The van der Waals surface area contributed by atoms with Crippen LogP contribution in [0.2, 0.25) is 0 Å². The van der Waals surface area contributed by atoms with E-state index in [9.17, 15) is 47.9 Å². The molecule has 0 aromatic heterocycles. The molecule has 6 aliphatic carbocycles. The number of ketones is 1.